The van der Waals surface area contributed by atoms with E-state index in [0.717, 1.165) is 17.2 Å². The molecule has 0 amide bonds. The number of rotatable bonds is 6. The van der Waals surface area contributed by atoms with Gasteiger partial charge in [-0.3, -0.25) is 10.1 Å². The molecule has 0 N–H and O–H groups in total. The van der Waals surface area contributed by atoms with Gasteiger partial charge in [-0.25, -0.2) is 0 Å². The number of non-ortho nitro benzene ring substituents is 1. The molecule has 0 saturated carbocycles. The van der Waals surface area contributed by atoms with Gasteiger partial charge in [0.2, 0.25) is 0 Å². The van der Waals surface area contributed by atoms with Crippen molar-refractivity contribution in [2.24, 2.45) is 5.92 Å². The van der Waals surface area contributed by atoms with Gasteiger partial charge in [-0.05, 0) is 25.0 Å². The number of unbranched alkanes of at least 4 members (excludes halogenated alkanes) is 2. The van der Waals surface area contributed by atoms with Crippen LogP contribution in [0.15, 0.2) is 24.3 Å². The molecule has 0 aliphatic heterocycles. The number of hydrogen-bond donors (Lipinski definition) is 1. The Labute approximate surface area is 142 Å². The Balaban J connectivity index is 0. The maximum Gasteiger partial charge on any atom is 0.269 e. The number of nitrogens with zero attached hydrogens (tertiary/aromatic N) is 1. The summed E-state index contributed by atoms with van der Waals surface area (Å²) in [5.41, 5.74) is 1.18. The smallest absolute Gasteiger partial charge is 0.258 e. The van der Waals surface area contributed by atoms with E-state index in [1.807, 2.05) is 6.92 Å². The summed E-state index contributed by atoms with van der Waals surface area (Å²) in [6, 6.07) is 6.43. The lowest BCUT2D eigenvalue weighted by Gasteiger charge is -2.03. The number of nitro benzene ring substituents is 1. The molecular formula is C18H33NO2S. The van der Waals surface area contributed by atoms with Crippen LogP contribution in [-0.4, -0.2) is 10.7 Å². The van der Waals surface area contributed by atoms with E-state index in [0.29, 0.717) is 0 Å². The first-order chi connectivity index (χ1) is 10.4. The zero-order valence-corrected chi connectivity index (χ0v) is 15.7. The summed E-state index contributed by atoms with van der Waals surface area (Å²) in [5, 5.41) is 10.1. The highest BCUT2D eigenvalue weighted by Crippen LogP contribution is 2.10. The molecule has 0 aliphatic rings. The molecule has 1 atom stereocenters. The minimum Gasteiger partial charge on any atom is -0.258 e. The summed E-state index contributed by atoms with van der Waals surface area (Å²) in [5.74, 6) is 1.86. The predicted octanol–water partition coefficient (Wildman–Crippen LogP) is 6.45. The van der Waals surface area contributed by atoms with Gasteiger partial charge in [0.05, 0.1) is 4.92 Å². The van der Waals surface area contributed by atoms with Gasteiger partial charge in [0.15, 0.2) is 0 Å². The van der Waals surface area contributed by atoms with Crippen molar-refractivity contribution >= 4 is 18.3 Å². The molecule has 0 aromatic heterocycles. The molecule has 0 heterocycles. The zero-order valence-electron chi connectivity index (χ0n) is 14.8. The predicted molar refractivity (Wildman–Crippen MR) is 101 cm³/mol. The standard InChI is InChI=1S/C7H7NO2.C7H16S.C4H10/c1-6-2-4-7(5-3-6)8(9)10;1-3-4-5-7(2)6-8;1-3-4-2/h2-5H,1H3;7-8H,3-6H2,1-2H3;3-4H2,1-2H3. The van der Waals surface area contributed by atoms with E-state index in [9.17, 15) is 10.1 Å². The molecule has 1 aromatic rings. The van der Waals surface area contributed by atoms with Crippen molar-refractivity contribution in [1.29, 1.82) is 0 Å². The molecule has 1 aromatic carbocycles. The molecule has 0 bridgehead atoms. The number of thiol groups is 1. The lowest BCUT2D eigenvalue weighted by molar-refractivity contribution is -0.384. The summed E-state index contributed by atoms with van der Waals surface area (Å²) in [6.45, 7) is 10.7. The first-order valence-corrected chi connectivity index (χ1v) is 8.87. The van der Waals surface area contributed by atoms with E-state index in [1.165, 1.54) is 44.2 Å². The van der Waals surface area contributed by atoms with Crippen molar-refractivity contribution in [1.82, 2.24) is 0 Å². The van der Waals surface area contributed by atoms with Crippen LogP contribution in [0.3, 0.4) is 0 Å². The van der Waals surface area contributed by atoms with Crippen LogP contribution in [-0.2, 0) is 0 Å². The normalized spacial score (nSPS) is 10.6. The monoisotopic (exact) mass is 327 g/mol. The Kier molecular flexibility index (Phi) is 17.3. The minimum atomic E-state index is -0.403. The number of aryl methyl sites for hydroxylation is 1. The highest BCUT2D eigenvalue weighted by atomic mass is 32.1. The molecule has 4 heteroatoms. The first-order valence-electron chi connectivity index (χ1n) is 8.24. The number of hydrogen-bond acceptors (Lipinski definition) is 3. The molecular weight excluding hydrogens is 294 g/mol. The SMILES string of the molecule is CCCC.CCCCC(C)CS.Cc1ccc([N+](=O)[O-])cc1. The van der Waals surface area contributed by atoms with Crippen LogP contribution in [0.5, 0.6) is 0 Å². The van der Waals surface area contributed by atoms with Gasteiger partial charge in [-0.2, -0.15) is 12.6 Å². The van der Waals surface area contributed by atoms with Crippen LogP contribution in [0.1, 0.15) is 65.4 Å². The number of benzene rings is 1. The van der Waals surface area contributed by atoms with Crippen LogP contribution < -0.4 is 0 Å². The summed E-state index contributed by atoms with van der Waals surface area (Å²) < 4.78 is 0. The first kappa shape index (κ1) is 23.2. The number of nitro groups is 1. The van der Waals surface area contributed by atoms with Crippen molar-refractivity contribution in [2.45, 2.75) is 66.7 Å². The van der Waals surface area contributed by atoms with Crippen LogP contribution in [0.4, 0.5) is 5.69 Å². The Hall–Kier alpha value is -1.03. The molecule has 1 unspecified atom stereocenters. The largest absolute Gasteiger partial charge is 0.269 e. The maximum atomic E-state index is 10.1. The average Bonchev–Trinajstić information content (AvgIpc) is 2.53. The van der Waals surface area contributed by atoms with Crippen LogP contribution in [0.25, 0.3) is 0 Å². The molecule has 0 aliphatic carbocycles. The van der Waals surface area contributed by atoms with Gasteiger partial charge >= 0.3 is 0 Å². The maximum absolute atomic E-state index is 10.1. The van der Waals surface area contributed by atoms with Crippen molar-refractivity contribution in [3.05, 3.63) is 39.9 Å². The minimum absolute atomic E-state index is 0.144. The summed E-state index contributed by atoms with van der Waals surface area (Å²) in [4.78, 5) is 9.71. The highest BCUT2D eigenvalue weighted by molar-refractivity contribution is 7.80. The molecule has 0 radical (unpaired) electrons. The average molecular weight is 328 g/mol. The second-order valence-corrected chi connectivity index (χ2v) is 5.89. The quantitative estimate of drug-likeness (QED) is 0.370. The lowest BCUT2D eigenvalue weighted by atomic mass is 10.1. The van der Waals surface area contributed by atoms with E-state index in [-0.39, 0.29) is 5.69 Å². The topological polar surface area (TPSA) is 43.1 Å². The van der Waals surface area contributed by atoms with Crippen molar-refractivity contribution in [3.63, 3.8) is 0 Å². The van der Waals surface area contributed by atoms with E-state index in [2.05, 4.69) is 40.3 Å². The fraction of sp³-hybridized carbons (Fsp3) is 0.667. The third kappa shape index (κ3) is 15.4. The van der Waals surface area contributed by atoms with Crippen molar-refractivity contribution < 1.29 is 4.92 Å². The Morgan fingerprint density at radius 3 is 1.91 bits per heavy atom. The Morgan fingerprint density at radius 1 is 1.09 bits per heavy atom. The third-order valence-electron chi connectivity index (χ3n) is 3.11. The van der Waals surface area contributed by atoms with Crippen molar-refractivity contribution in [3.8, 4) is 0 Å². The molecule has 1 rings (SSSR count). The second-order valence-electron chi connectivity index (χ2n) is 5.52. The molecule has 0 spiro atoms. The molecule has 0 fully saturated rings. The van der Waals surface area contributed by atoms with E-state index in [4.69, 9.17) is 0 Å². The van der Waals surface area contributed by atoms with Gasteiger partial charge in [-0.15, -0.1) is 0 Å². The lowest BCUT2D eigenvalue weighted by Crippen LogP contribution is -1.94. The fourth-order valence-electron chi connectivity index (χ4n) is 1.31. The van der Waals surface area contributed by atoms with Crippen LogP contribution in [0, 0.1) is 23.0 Å². The molecule has 128 valence electrons. The second kappa shape index (κ2) is 16.3. The van der Waals surface area contributed by atoms with E-state index >= 15 is 0 Å². The van der Waals surface area contributed by atoms with Gasteiger partial charge in [-0.1, -0.05) is 71.1 Å². The van der Waals surface area contributed by atoms with Crippen molar-refractivity contribution in [2.75, 3.05) is 5.75 Å². The summed E-state index contributed by atoms with van der Waals surface area (Å²) in [6.07, 6.45) is 6.67. The summed E-state index contributed by atoms with van der Waals surface area (Å²) >= 11 is 4.19. The van der Waals surface area contributed by atoms with Crippen LogP contribution in [0.2, 0.25) is 0 Å². The third-order valence-corrected chi connectivity index (χ3v) is 3.73. The van der Waals surface area contributed by atoms with Gasteiger partial charge < -0.3 is 0 Å². The van der Waals surface area contributed by atoms with Gasteiger partial charge in [0.1, 0.15) is 0 Å². The summed E-state index contributed by atoms with van der Waals surface area (Å²) in [7, 11) is 0. The van der Waals surface area contributed by atoms with Crippen LogP contribution >= 0.6 is 12.6 Å². The Morgan fingerprint density at radius 2 is 1.59 bits per heavy atom. The van der Waals surface area contributed by atoms with Gasteiger partial charge in [0.25, 0.3) is 5.69 Å². The highest BCUT2D eigenvalue weighted by Gasteiger charge is 2.00. The van der Waals surface area contributed by atoms with E-state index in [1.54, 1.807) is 12.1 Å². The zero-order chi connectivity index (χ0) is 17.4. The molecule has 0 saturated heterocycles. The molecule has 22 heavy (non-hydrogen) atoms. The Bertz CT molecular complexity index is 364. The van der Waals surface area contributed by atoms with E-state index < -0.39 is 4.92 Å². The fourth-order valence-corrected chi connectivity index (χ4v) is 1.49. The molecule has 3 nitrogen and oxygen atoms in total. The van der Waals surface area contributed by atoms with Gasteiger partial charge in [0, 0.05) is 12.1 Å².